The summed E-state index contributed by atoms with van der Waals surface area (Å²) in [4.78, 5) is 15.1. The fraction of sp³-hybridized carbons (Fsp3) is 0.514. The van der Waals surface area contributed by atoms with Gasteiger partial charge in [0.25, 0.3) is 0 Å². The van der Waals surface area contributed by atoms with Crippen molar-refractivity contribution in [2.45, 2.75) is 91.4 Å². The Bertz CT molecular complexity index is 1520. The zero-order valence-corrected chi connectivity index (χ0v) is 28.2. The number of rotatable bonds is 9. The van der Waals surface area contributed by atoms with Crippen LogP contribution in [0.25, 0.3) is 12.2 Å². The van der Waals surface area contributed by atoms with Crippen LogP contribution >= 0.6 is 0 Å². The van der Waals surface area contributed by atoms with E-state index in [-0.39, 0.29) is 16.7 Å². The predicted octanol–water partition coefficient (Wildman–Crippen LogP) is 6.49. The highest BCUT2D eigenvalue weighted by Gasteiger charge is 2.35. The molecule has 0 atom stereocenters. The molecule has 0 spiro atoms. The summed E-state index contributed by atoms with van der Waals surface area (Å²) in [6, 6.07) is 8.89. The third-order valence-electron chi connectivity index (χ3n) is 9.09. The molecule has 0 saturated carbocycles. The second kappa shape index (κ2) is 13.0. The van der Waals surface area contributed by atoms with Crippen LogP contribution in [0.15, 0.2) is 47.7 Å². The zero-order valence-electron chi connectivity index (χ0n) is 28.2. The van der Waals surface area contributed by atoms with Gasteiger partial charge in [-0.2, -0.15) is 0 Å². The van der Waals surface area contributed by atoms with Gasteiger partial charge in [-0.15, -0.1) is 0 Å². The number of piperidine rings is 1. The van der Waals surface area contributed by atoms with E-state index in [1.54, 1.807) is 7.11 Å². The lowest BCUT2D eigenvalue weighted by atomic mass is 9.79. The molecule has 5 rings (SSSR count). The van der Waals surface area contributed by atoms with Crippen molar-refractivity contribution in [2.75, 3.05) is 33.3 Å². The van der Waals surface area contributed by atoms with Crippen LogP contribution in [0.3, 0.4) is 0 Å². The SMILES string of the molecule is COc1c(C=CC2=[N+]3[B]n4c(ccc4CCC(=O)NCCN4CCCCC4)C=C3C(C)=C2)cc(C(C)(C)C)cc1C(C)(C)C. The normalized spacial score (nSPS) is 17.3. The molecule has 7 heteroatoms. The fourth-order valence-electron chi connectivity index (χ4n) is 6.40. The zero-order chi connectivity index (χ0) is 31.6. The highest BCUT2D eigenvalue weighted by Crippen LogP contribution is 2.39. The summed E-state index contributed by atoms with van der Waals surface area (Å²) < 4.78 is 10.5. The summed E-state index contributed by atoms with van der Waals surface area (Å²) >= 11 is 0. The van der Waals surface area contributed by atoms with Crippen LogP contribution in [-0.2, 0) is 22.0 Å². The number of allylic oxidation sites excluding steroid dienone is 3. The van der Waals surface area contributed by atoms with Crippen LogP contribution in [0.1, 0.15) is 102 Å². The van der Waals surface area contributed by atoms with Gasteiger partial charge in [-0.3, -0.25) is 9.28 Å². The summed E-state index contributed by atoms with van der Waals surface area (Å²) in [6.07, 6.45) is 13.9. The van der Waals surface area contributed by atoms with E-state index in [0.717, 1.165) is 54.6 Å². The van der Waals surface area contributed by atoms with Crippen molar-refractivity contribution in [3.05, 3.63) is 75.8 Å². The number of nitrogens with zero attached hydrogens (tertiary/aromatic N) is 3. The average molecular weight is 595 g/mol. The first kappa shape index (κ1) is 32.1. The number of hydrogen-bond acceptors (Lipinski definition) is 3. The summed E-state index contributed by atoms with van der Waals surface area (Å²) in [5.74, 6) is 1.06. The van der Waals surface area contributed by atoms with E-state index in [0.29, 0.717) is 12.8 Å². The number of nitrogens with one attached hydrogen (secondary N) is 1. The van der Waals surface area contributed by atoms with Gasteiger partial charge in [-0.25, -0.2) is 0 Å². The molecular formula is C37H51BN4O2+. The van der Waals surface area contributed by atoms with Crippen LogP contribution in [0, 0.1) is 0 Å². The number of fused-ring (bicyclic) bond motifs is 2. The third kappa shape index (κ3) is 7.15. The molecule has 1 aromatic carbocycles. The molecule has 3 aliphatic rings. The molecule has 1 amide bonds. The minimum atomic E-state index is -0.0474. The molecule has 0 bridgehead atoms. The van der Waals surface area contributed by atoms with Gasteiger partial charge < -0.3 is 19.4 Å². The van der Waals surface area contributed by atoms with E-state index in [4.69, 9.17) is 4.74 Å². The molecule has 1 saturated heterocycles. The number of hydrogen-bond donors (Lipinski definition) is 1. The quantitative estimate of drug-likeness (QED) is 0.338. The van der Waals surface area contributed by atoms with Gasteiger partial charge >= 0.3 is 7.55 Å². The van der Waals surface area contributed by atoms with Crippen molar-refractivity contribution in [1.29, 1.82) is 0 Å². The molecule has 44 heavy (non-hydrogen) atoms. The Morgan fingerprint density at radius 3 is 2.45 bits per heavy atom. The Kier molecular flexibility index (Phi) is 9.45. The fourth-order valence-corrected chi connectivity index (χ4v) is 6.40. The lowest BCUT2D eigenvalue weighted by Gasteiger charge is -2.28. The highest BCUT2D eigenvalue weighted by molar-refractivity contribution is 6.29. The van der Waals surface area contributed by atoms with E-state index < -0.39 is 0 Å². The van der Waals surface area contributed by atoms with Gasteiger partial charge in [0.2, 0.25) is 5.91 Å². The molecule has 233 valence electrons. The summed E-state index contributed by atoms with van der Waals surface area (Å²) in [5.41, 5.74) is 9.39. The summed E-state index contributed by atoms with van der Waals surface area (Å²) in [7, 11) is 3.94. The number of methoxy groups -OCH3 is 1. The van der Waals surface area contributed by atoms with Gasteiger partial charge in [0, 0.05) is 65.8 Å². The maximum absolute atomic E-state index is 12.7. The first-order chi connectivity index (χ1) is 20.8. The molecular weight excluding hydrogens is 543 g/mol. The Balaban J connectivity index is 1.33. The van der Waals surface area contributed by atoms with E-state index in [1.165, 1.54) is 41.7 Å². The monoisotopic (exact) mass is 594 g/mol. The number of benzene rings is 1. The van der Waals surface area contributed by atoms with E-state index >= 15 is 0 Å². The topological polar surface area (TPSA) is 49.5 Å². The number of likely N-dealkylation sites (tertiary alicyclic amines) is 1. The molecule has 1 aromatic heterocycles. The molecule has 2 aromatic rings. The predicted molar refractivity (Wildman–Crippen MR) is 184 cm³/mol. The molecule has 6 nitrogen and oxygen atoms in total. The van der Waals surface area contributed by atoms with Crippen LogP contribution < -0.4 is 10.1 Å². The molecule has 3 aliphatic heterocycles. The van der Waals surface area contributed by atoms with Gasteiger partial charge in [0.15, 0.2) is 11.4 Å². The van der Waals surface area contributed by atoms with Gasteiger partial charge in [-0.1, -0.05) is 54.0 Å². The lowest BCUT2D eigenvalue weighted by Crippen LogP contribution is -2.37. The van der Waals surface area contributed by atoms with Crippen molar-refractivity contribution >= 4 is 31.3 Å². The second-order valence-corrected chi connectivity index (χ2v) is 14.6. The van der Waals surface area contributed by atoms with Crippen LogP contribution in [0.4, 0.5) is 0 Å². The molecule has 0 aliphatic carbocycles. The van der Waals surface area contributed by atoms with Gasteiger partial charge in [-0.05, 0) is 79.9 Å². The maximum atomic E-state index is 12.7. The Morgan fingerprint density at radius 2 is 1.77 bits per heavy atom. The minimum Gasteiger partial charge on any atom is -0.496 e. The highest BCUT2D eigenvalue weighted by atomic mass is 16.5. The Hall–Kier alpha value is -3.32. The number of carbonyl (C=O) groups excluding carboxylic acids is 1. The maximum Gasteiger partial charge on any atom is 0.700 e. The number of ether oxygens (including phenoxy) is 1. The smallest absolute Gasteiger partial charge is 0.496 e. The van der Waals surface area contributed by atoms with E-state index in [2.05, 4.69) is 124 Å². The second-order valence-electron chi connectivity index (χ2n) is 14.6. The van der Waals surface area contributed by atoms with Crippen LogP contribution in [0.5, 0.6) is 5.75 Å². The molecule has 1 radical (unpaired) electrons. The molecule has 1 fully saturated rings. The van der Waals surface area contributed by atoms with Crippen molar-refractivity contribution in [2.24, 2.45) is 0 Å². The standard InChI is InChI=1S/C37H51BN4O2/c1-26-22-30(13-12-27-23-28(36(2,3)4)24-32(35(27)44-8)37(5,6)7)42-33(26)25-31-15-14-29(41(31)38-42)16-17-34(43)39-18-21-40-19-10-9-11-20-40/h12-15,22-25H,9-11,16-21H2,1-8H3,(H,39,43)/q+1. The lowest BCUT2D eigenvalue weighted by molar-refractivity contribution is -0.313. The van der Waals surface area contributed by atoms with Crippen molar-refractivity contribution in [3.8, 4) is 5.75 Å². The van der Waals surface area contributed by atoms with E-state index in [9.17, 15) is 4.79 Å². The Morgan fingerprint density at radius 1 is 1.02 bits per heavy atom. The summed E-state index contributed by atoms with van der Waals surface area (Å²) in [6.45, 7) is 19.7. The van der Waals surface area contributed by atoms with Gasteiger partial charge in [0.1, 0.15) is 5.75 Å². The van der Waals surface area contributed by atoms with Gasteiger partial charge in [0.05, 0.1) is 7.11 Å². The largest absolute Gasteiger partial charge is 0.700 e. The Labute approximate surface area is 265 Å². The average Bonchev–Trinajstić information content (AvgIpc) is 3.52. The molecule has 1 N–H and O–H groups in total. The van der Waals surface area contributed by atoms with E-state index in [1.807, 2.05) is 0 Å². The minimum absolute atomic E-state index is 0.0217. The van der Waals surface area contributed by atoms with Crippen molar-refractivity contribution in [3.63, 3.8) is 0 Å². The van der Waals surface area contributed by atoms with Crippen LogP contribution in [0.2, 0.25) is 0 Å². The van der Waals surface area contributed by atoms with Crippen LogP contribution in [-0.4, -0.2) is 66.3 Å². The molecule has 4 heterocycles. The number of aromatic nitrogens is 1. The number of carbonyl (C=O) groups is 1. The first-order valence-electron chi connectivity index (χ1n) is 16.4. The number of amides is 1. The van der Waals surface area contributed by atoms with Crippen molar-refractivity contribution in [1.82, 2.24) is 14.7 Å². The third-order valence-corrected chi connectivity index (χ3v) is 9.09. The summed E-state index contributed by atoms with van der Waals surface area (Å²) in [5, 5.41) is 3.14. The number of aryl methyl sites for hydroxylation is 1. The van der Waals surface area contributed by atoms with Crippen molar-refractivity contribution < 1.29 is 14.0 Å². The first-order valence-corrected chi connectivity index (χ1v) is 16.4. The molecule has 0 unspecified atom stereocenters.